The van der Waals surface area contributed by atoms with Gasteiger partial charge in [0.1, 0.15) is 12.4 Å². The Morgan fingerprint density at radius 3 is 1.94 bits per heavy atom. The third kappa shape index (κ3) is 4.82. The van der Waals surface area contributed by atoms with Crippen molar-refractivity contribution in [2.45, 2.75) is 79.1 Å². The Morgan fingerprint density at radius 2 is 1.50 bits per heavy atom. The van der Waals surface area contributed by atoms with E-state index in [1.54, 1.807) is 12.1 Å². The predicted octanol–water partition coefficient (Wildman–Crippen LogP) is 6.71. The van der Waals surface area contributed by atoms with Crippen LogP contribution in [0.25, 0.3) is 11.1 Å². The second kappa shape index (κ2) is 10.2. The number of rotatable bonds is 9. The minimum atomic E-state index is -0.968. The lowest BCUT2D eigenvalue weighted by atomic mass is 9.77. The van der Waals surface area contributed by atoms with E-state index in [4.69, 9.17) is 10.5 Å². The number of benzene rings is 2. The molecule has 0 saturated carbocycles. The molecule has 2 rings (SSSR count). The first-order valence-corrected chi connectivity index (χ1v) is 11.4. The van der Waals surface area contributed by atoms with Crippen LogP contribution >= 0.6 is 0 Å². The number of nitrogens with two attached hydrogens (primary N) is 1. The number of aldehydes is 1. The summed E-state index contributed by atoms with van der Waals surface area (Å²) in [6, 6.07) is 5.14. The topological polar surface area (TPSA) is 89.6 Å². The van der Waals surface area contributed by atoms with Crippen molar-refractivity contribution in [1.29, 1.82) is 0 Å². The highest BCUT2D eigenvalue weighted by atomic mass is 16.5. The number of carboxylic acid groups (broad SMARTS) is 1. The lowest BCUT2D eigenvalue weighted by Crippen LogP contribution is -2.15. The Kier molecular flexibility index (Phi) is 8.11. The van der Waals surface area contributed by atoms with Crippen molar-refractivity contribution in [1.82, 2.24) is 0 Å². The minimum Gasteiger partial charge on any atom is -0.485 e. The molecule has 0 heterocycles. The van der Waals surface area contributed by atoms with E-state index in [2.05, 4.69) is 41.5 Å². The highest BCUT2D eigenvalue weighted by Gasteiger charge is 2.30. The molecule has 0 saturated heterocycles. The van der Waals surface area contributed by atoms with Gasteiger partial charge in [-0.25, -0.2) is 4.79 Å². The Hall–Kier alpha value is -2.82. The highest BCUT2D eigenvalue weighted by Crippen LogP contribution is 2.51. The average molecular weight is 440 g/mol. The van der Waals surface area contributed by atoms with Crippen LogP contribution in [-0.4, -0.2) is 24.0 Å². The van der Waals surface area contributed by atoms with Gasteiger partial charge in [0.15, 0.2) is 6.29 Å². The van der Waals surface area contributed by atoms with Crippen LogP contribution in [0.4, 0.5) is 5.69 Å². The molecule has 2 aromatic carbocycles. The van der Waals surface area contributed by atoms with Gasteiger partial charge in [0, 0.05) is 16.8 Å². The normalized spacial score (nSPS) is 11.6. The molecule has 0 unspecified atom stereocenters. The molecular weight excluding hydrogens is 402 g/mol. The summed E-state index contributed by atoms with van der Waals surface area (Å²) in [6.45, 7) is 16.8. The van der Waals surface area contributed by atoms with E-state index in [1.165, 1.54) is 5.56 Å². The van der Waals surface area contributed by atoms with E-state index in [0.29, 0.717) is 11.4 Å². The van der Waals surface area contributed by atoms with Crippen LogP contribution in [0.5, 0.6) is 5.75 Å². The number of anilines is 1. The fraction of sp³-hybridized carbons (Fsp3) is 0.481. The van der Waals surface area contributed by atoms with Gasteiger partial charge in [-0.15, -0.1) is 0 Å². The summed E-state index contributed by atoms with van der Waals surface area (Å²) >= 11 is 0. The van der Waals surface area contributed by atoms with Gasteiger partial charge in [0.2, 0.25) is 0 Å². The first kappa shape index (κ1) is 25.4. The molecule has 0 spiro atoms. The van der Waals surface area contributed by atoms with Gasteiger partial charge < -0.3 is 15.6 Å². The van der Waals surface area contributed by atoms with Crippen LogP contribution in [0, 0.1) is 0 Å². The summed E-state index contributed by atoms with van der Waals surface area (Å²) in [7, 11) is 0. The number of carbonyl (C=O) groups excluding carboxylic acids is 1. The molecule has 2 aromatic rings. The second-order valence-electron chi connectivity index (χ2n) is 9.56. The molecule has 0 aliphatic heterocycles. The summed E-state index contributed by atoms with van der Waals surface area (Å²) in [5.74, 6) is 0.278. The number of nitrogen functional groups attached to an aromatic ring is 1. The lowest BCUT2D eigenvalue weighted by Gasteiger charge is -2.30. The standard InChI is InChI=1S/C27H37NO4/c1-14(2)20-13-18(27(30)31)9-10-19(20)24-25(28)22(16(5)6)21(15(3)4)23(17(7)8)26(24)32-12-11-29/h9-11,13-17H,12,28H2,1-8H3,(H,30,31). The zero-order chi connectivity index (χ0) is 24.3. The smallest absolute Gasteiger partial charge is 0.335 e. The number of ether oxygens (including phenoxy) is 1. The summed E-state index contributed by atoms with van der Waals surface area (Å²) < 4.78 is 6.09. The summed E-state index contributed by atoms with van der Waals surface area (Å²) in [5.41, 5.74) is 13.6. The van der Waals surface area contributed by atoms with Gasteiger partial charge in [-0.1, -0.05) is 61.5 Å². The largest absolute Gasteiger partial charge is 0.485 e. The molecule has 0 aliphatic rings. The SMILES string of the molecule is CC(C)c1cc(C(=O)O)ccc1-c1c(N)c(C(C)C)c(C(C)C)c(C(C)C)c1OCC=O. The molecule has 5 heteroatoms. The van der Waals surface area contributed by atoms with Gasteiger partial charge in [-0.2, -0.15) is 0 Å². The average Bonchev–Trinajstić information content (AvgIpc) is 2.70. The molecule has 0 aliphatic carbocycles. The molecule has 0 fully saturated rings. The van der Waals surface area contributed by atoms with E-state index in [1.807, 2.05) is 19.9 Å². The molecule has 0 amide bonds. The van der Waals surface area contributed by atoms with E-state index in [9.17, 15) is 14.7 Å². The highest BCUT2D eigenvalue weighted by molar-refractivity contribution is 5.93. The number of carbonyl (C=O) groups is 2. The fourth-order valence-corrected chi connectivity index (χ4v) is 4.56. The lowest BCUT2D eigenvalue weighted by molar-refractivity contribution is -0.109. The van der Waals surface area contributed by atoms with Gasteiger partial charge in [0.25, 0.3) is 0 Å². The van der Waals surface area contributed by atoms with Crippen LogP contribution in [0.15, 0.2) is 18.2 Å². The summed E-state index contributed by atoms with van der Waals surface area (Å²) in [5, 5.41) is 9.52. The molecule has 0 radical (unpaired) electrons. The van der Waals surface area contributed by atoms with Gasteiger partial charge in [-0.05, 0) is 58.1 Å². The molecule has 0 bridgehead atoms. The van der Waals surface area contributed by atoms with Gasteiger partial charge in [-0.3, -0.25) is 4.79 Å². The second-order valence-corrected chi connectivity index (χ2v) is 9.56. The van der Waals surface area contributed by atoms with Crippen LogP contribution in [0.2, 0.25) is 0 Å². The van der Waals surface area contributed by atoms with Crippen LogP contribution in [0.3, 0.4) is 0 Å². The van der Waals surface area contributed by atoms with Crippen LogP contribution < -0.4 is 10.5 Å². The van der Waals surface area contributed by atoms with Crippen molar-refractivity contribution < 1.29 is 19.4 Å². The fourth-order valence-electron chi connectivity index (χ4n) is 4.56. The molecule has 174 valence electrons. The van der Waals surface area contributed by atoms with Crippen molar-refractivity contribution in [2.24, 2.45) is 0 Å². The molecule has 3 N–H and O–H groups in total. The first-order chi connectivity index (χ1) is 14.9. The van der Waals surface area contributed by atoms with Crippen molar-refractivity contribution in [2.75, 3.05) is 12.3 Å². The molecule has 32 heavy (non-hydrogen) atoms. The third-order valence-corrected chi connectivity index (χ3v) is 5.83. The van der Waals surface area contributed by atoms with Crippen molar-refractivity contribution in [3.05, 3.63) is 46.0 Å². The van der Waals surface area contributed by atoms with E-state index < -0.39 is 5.97 Å². The van der Waals surface area contributed by atoms with E-state index >= 15 is 0 Å². The Bertz CT molecular complexity index is 1000. The summed E-state index contributed by atoms with van der Waals surface area (Å²) in [6.07, 6.45) is 0.742. The number of hydrogen-bond acceptors (Lipinski definition) is 4. The number of aromatic carboxylic acids is 1. The minimum absolute atomic E-state index is 0.0670. The maximum atomic E-state index is 11.6. The monoisotopic (exact) mass is 439 g/mol. The van der Waals surface area contributed by atoms with Crippen LogP contribution in [-0.2, 0) is 4.79 Å². The third-order valence-electron chi connectivity index (χ3n) is 5.83. The predicted molar refractivity (Wildman–Crippen MR) is 131 cm³/mol. The zero-order valence-electron chi connectivity index (χ0n) is 20.6. The molecule has 0 aromatic heterocycles. The van der Waals surface area contributed by atoms with Gasteiger partial charge >= 0.3 is 5.97 Å². The van der Waals surface area contributed by atoms with Crippen molar-refractivity contribution >= 4 is 17.9 Å². The quantitative estimate of drug-likeness (QED) is 0.335. The Morgan fingerprint density at radius 1 is 0.938 bits per heavy atom. The zero-order valence-corrected chi connectivity index (χ0v) is 20.6. The Labute approximate surface area is 192 Å². The van der Waals surface area contributed by atoms with E-state index in [0.717, 1.165) is 34.1 Å². The first-order valence-electron chi connectivity index (χ1n) is 11.4. The van der Waals surface area contributed by atoms with E-state index in [-0.39, 0.29) is 35.8 Å². The number of carboxylic acids is 1. The van der Waals surface area contributed by atoms with Gasteiger partial charge in [0.05, 0.1) is 5.56 Å². The van der Waals surface area contributed by atoms with Crippen molar-refractivity contribution in [3.63, 3.8) is 0 Å². The molecular formula is C27H37NO4. The molecule has 5 nitrogen and oxygen atoms in total. The summed E-state index contributed by atoms with van der Waals surface area (Å²) in [4.78, 5) is 22.9. The Balaban J connectivity index is 3.12. The maximum Gasteiger partial charge on any atom is 0.335 e. The molecule has 0 atom stereocenters. The maximum absolute atomic E-state index is 11.6. The number of hydrogen-bond donors (Lipinski definition) is 2. The van der Waals surface area contributed by atoms with Crippen molar-refractivity contribution in [3.8, 4) is 16.9 Å². The van der Waals surface area contributed by atoms with Crippen LogP contribution in [0.1, 0.15) is 112 Å².